The second kappa shape index (κ2) is 7.70. The number of fused-ring (bicyclic) bond motifs is 1. The van der Waals surface area contributed by atoms with Gasteiger partial charge < -0.3 is 14.2 Å². The molecule has 0 radical (unpaired) electrons. The molecule has 0 atom stereocenters. The largest absolute Gasteiger partial charge is 0.385 e. The molecule has 1 aliphatic heterocycles. The summed E-state index contributed by atoms with van der Waals surface area (Å²) in [4.78, 5) is 11.9. The monoisotopic (exact) mass is 302 g/mol. The molecule has 0 aromatic carbocycles. The SMILES string of the molecule is COCCCc1nc2cccnc2n1CCN1CCCCC1. The van der Waals surface area contributed by atoms with Crippen LogP contribution in [0.5, 0.6) is 0 Å². The van der Waals surface area contributed by atoms with Crippen LogP contribution in [0.2, 0.25) is 0 Å². The van der Waals surface area contributed by atoms with Crippen LogP contribution < -0.4 is 0 Å². The first-order valence-corrected chi connectivity index (χ1v) is 8.40. The molecule has 1 fully saturated rings. The Morgan fingerprint density at radius 3 is 2.86 bits per heavy atom. The Hall–Kier alpha value is -1.46. The highest BCUT2D eigenvalue weighted by atomic mass is 16.5. The number of likely N-dealkylation sites (tertiary alicyclic amines) is 1. The highest BCUT2D eigenvalue weighted by Crippen LogP contribution is 2.16. The first-order valence-electron chi connectivity index (χ1n) is 8.40. The lowest BCUT2D eigenvalue weighted by Gasteiger charge is -2.26. The van der Waals surface area contributed by atoms with Gasteiger partial charge in [0.2, 0.25) is 0 Å². The normalized spacial score (nSPS) is 16.4. The fraction of sp³-hybridized carbons (Fsp3) is 0.647. The van der Waals surface area contributed by atoms with E-state index >= 15 is 0 Å². The number of hydrogen-bond donors (Lipinski definition) is 0. The van der Waals surface area contributed by atoms with Gasteiger partial charge in [0.25, 0.3) is 0 Å². The third-order valence-electron chi connectivity index (χ3n) is 4.42. The number of rotatable bonds is 7. The molecule has 5 nitrogen and oxygen atoms in total. The summed E-state index contributed by atoms with van der Waals surface area (Å²) in [5.74, 6) is 1.14. The van der Waals surface area contributed by atoms with Crippen LogP contribution in [0.25, 0.3) is 11.2 Å². The van der Waals surface area contributed by atoms with Crippen molar-refractivity contribution in [2.24, 2.45) is 0 Å². The first-order chi connectivity index (χ1) is 10.9. The van der Waals surface area contributed by atoms with Crippen molar-refractivity contribution in [3.8, 4) is 0 Å². The second-order valence-electron chi connectivity index (χ2n) is 6.02. The first kappa shape index (κ1) is 15.4. The maximum absolute atomic E-state index is 5.17. The predicted molar refractivity (Wildman–Crippen MR) is 88.0 cm³/mol. The van der Waals surface area contributed by atoms with Crippen LogP contribution in [-0.4, -0.2) is 52.8 Å². The van der Waals surface area contributed by atoms with Gasteiger partial charge in [0, 0.05) is 39.4 Å². The van der Waals surface area contributed by atoms with E-state index in [4.69, 9.17) is 9.72 Å². The lowest BCUT2D eigenvalue weighted by Crippen LogP contribution is -2.32. The van der Waals surface area contributed by atoms with Crippen molar-refractivity contribution >= 4 is 11.2 Å². The summed E-state index contributed by atoms with van der Waals surface area (Å²) >= 11 is 0. The lowest BCUT2D eigenvalue weighted by atomic mass is 10.1. The average Bonchev–Trinajstić information content (AvgIpc) is 2.92. The van der Waals surface area contributed by atoms with Crippen LogP contribution in [-0.2, 0) is 17.7 Å². The molecule has 0 amide bonds. The van der Waals surface area contributed by atoms with Gasteiger partial charge in [0.15, 0.2) is 5.65 Å². The second-order valence-corrected chi connectivity index (χ2v) is 6.02. The van der Waals surface area contributed by atoms with Crippen molar-refractivity contribution in [2.45, 2.75) is 38.6 Å². The minimum absolute atomic E-state index is 0.781. The summed E-state index contributed by atoms with van der Waals surface area (Å²) in [6.07, 6.45) is 7.87. The van der Waals surface area contributed by atoms with E-state index in [1.807, 2.05) is 12.3 Å². The standard InChI is InChI=1S/C17H26N4O/c1-22-14-6-8-16-19-15-7-5-9-18-17(15)21(16)13-12-20-10-3-2-4-11-20/h5,7,9H,2-4,6,8,10-14H2,1H3. The number of aryl methyl sites for hydroxylation is 1. The van der Waals surface area contributed by atoms with E-state index in [2.05, 4.69) is 20.5 Å². The van der Waals surface area contributed by atoms with Crippen LogP contribution >= 0.6 is 0 Å². The molecule has 1 saturated heterocycles. The van der Waals surface area contributed by atoms with Crippen molar-refractivity contribution in [1.82, 2.24) is 19.4 Å². The molecule has 0 bridgehead atoms. The van der Waals surface area contributed by atoms with Crippen molar-refractivity contribution in [3.63, 3.8) is 0 Å². The molecule has 3 rings (SSSR count). The van der Waals surface area contributed by atoms with Crippen LogP contribution in [0, 0.1) is 0 Å². The number of imidazole rings is 1. The van der Waals surface area contributed by atoms with Crippen molar-refractivity contribution in [1.29, 1.82) is 0 Å². The average molecular weight is 302 g/mol. The quantitative estimate of drug-likeness (QED) is 0.737. The van der Waals surface area contributed by atoms with Crippen LogP contribution in [0.4, 0.5) is 0 Å². The summed E-state index contributed by atoms with van der Waals surface area (Å²) < 4.78 is 7.48. The third-order valence-corrected chi connectivity index (χ3v) is 4.42. The van der Waals surface area contributed by atoms with E-state index in [1.165, 1.54) is 32.4 Å². The minimum Gasteiger partial charge on any atom is -0.385 e. The van der Waals surface area contributed by atoms with Gasteiger partial charge >= 0.3 is 0 Å². The zero-order valence-electron chi connectivity index (χ0n) is 13.5. The molecule has 2 aromatic heterocycles. The van der Waals surface area contributed by atoms with Gasteiger partial charge in [0.05, 0.1) is 0 Å². The van der Waals surface area contributed by atoms with E-state index in [0.29, 0.717) is 0 Å². The van der Waals surface area contributed by atoms with Crippen molar-refractivity contribution < 1.29 is 4.74 Å². The Morgan fingerprint density at radius 2 is 2.05 bits per heavy atom. The van der Waals surface area contributed by atoms with Crippen LogP contribution in [0.3, 0.4) is 0 Å². The molecule has 5 heteroatoms. The van der Waals surface area contributed by atoms with E-state index in [1.54, 1.807) is 7.11 Å². The fourth-order valence-corrected chi connectivity index (χ4v) is 3.23. The Kier molecular flexibility index (Phi) is 5.40. The maximum Gasteiger partial charge on any atom is 0.160 e. The molecule has 120 valence electrons. The minimum atomic E-state index is 0.781. The molecule has 2 aromatic rings. The number of methoxy groups -OCH3 is 1. The van der Waals surface area contributed by atoms with Crippen LogP contribution in [0.15, 0.2) is 18.3 Å². The Bertz CT molecular complexity index is 589. The summed E-state index contributed by atoms with van der Waals surface area (Å²) in [6.45, 7) is 5.33. The van der Waals surface area contributed by atoms with Gasteiger partial charge in [-0.3, -0.25) is 0 Å². The summed E-state index contributed by atoms with van der Waals surface area (Å²) in [6, 6.07) is 4.02. The zero-order chi connectivity index (χ0) is 15.2. The van der Waals surface area contributed by atoms with Gasteiger partial charge in [0.1, 0.15) is 11.3 Å². The Balaban J connectivity index is 1.73. The molecule has 0 N–H and O–H groups in total. The van der Waals surface area contributed by atoms with Gasteiger partial charge in [-0.15, -0.1) is 0 Å². The fourth-order valence-electron chi connectivity index (χ4n) is 3.23. The summed E-state index contributed by atoms with van der Waals surface area (Å²) in [5.41, 5.74) is 2.03. The molecule has 0 spiro atoms. The van der Waals surface area contributed by atoms with Crippen molar-refractivity contribution in [3.05, 3.63) is 24.2 Å². The summed E-state index contributed by atoms with van der Waals surface area (Å²) in [5, 5.41) is 0. The molecular formula is C17H26N4O. The number of hydrogen-bond acceptors (Lipinski definition) is 4. The predicted octanol–water partition coefficient (Wildman–Crippen LogP) is 2.50. The molecule has 0 saturated carbocycles. The number of ether oxygens (including phenoxy) is 1. The zero-order valence-corrected chi connectivity index (χ0v) is 13.5. The van der Waals surface area contributed by atoms with Crippen molar-refractivity contribution in [2.75, 3.05) is 33.4 Å². The van der Waals surface area contributed by atoms with E-state index < -0.39 is 0 Å². The number of aromatic nitrogens is 3. The highest BCUT2D eigenvalue weighted by Gasteiger charge is 2.14. The molecule has 0 unspecified atom stereocenters. The Labute approximate surface area is 132 Å². The van der Waals surface area contributed by atoms with Crippen LogP contribution in [0.1, 0.15) is 31.5 Å². The number of pyridine rings is 1. The van der Waals surface area contributed by atoms with Gasteiger partial charge in [-0.25, -0.2) is 9.97 Å². The molecule has 22 heavy (non-hydrogen) atoms. The van der Waals surface area contributed by atoms with Gasteiger partial charge in [-0.2, -0.15) is 0 Å². The lowest BCUT2D eigenvalue weighted by molar-refractivity contribution is 0.194. The highest BCUT2D eigenvalue weighted by molar-refractivity contribution is 5.71. The maximum atomic E-state index is 5.17. The molecular weight excluding hydrogens is 276 g/mol. The smallest absolute Gasteiger partial charge is 0.160 e. The topological polar surface area (TPSA) is 43.2 Å². The Morgan fingerprint density at radius 1 is 1.18 bits per heavy atom. The molecule has 0 aliphatic carbocycles. The number of piperidine rings is 1. The van der Waals surface area contributed by atoms with E-state index in [0.717, 1.165) is 49.5 Å². The van der Waals surface area contributed by atoms with Gasteiger partial charge in [-0.1, -0.05) is 6.42 Å². The van der Waals surface area contributed by atoms with Gasteiger partial charge in [-0.05, 0) is 44.5 Å². The van der Waals surface area contributed by atoms with E-state index in [9.17, 15) is 0 Å². The molecule has 1 aliphatic rings. The molecule has 3 heterocycles. The third kappa shape index (κ3) is 3.65. The number of nitrogens with zero attached hydrogens (tertiary/aromatic N) is 4. The summed E-state index contributed by atoms with van der Waals surface area (Å²) in [7, 11) is 1.75. The van der Waals surface area contributed by atoms with E-state index in [-0.39, 0.29) is 0 Å².